The summed E-state index contributed by atoms with van der Waals surface area (Å²) in [7, 11) is 0. The van der Waals surface area contributed by atoms with E-state index in [1.807, 2.05) is 19.9 Å². The molecule has 1 atom stereocenters. The Morgan fingerprint density at radius 2 is 1.84 bits per heavy atom. The second-order valence-corrected chi connectivity index (χ2v) is 4.58. The number of hydrogen-bond acceptors (Lipinski definition) is 4. The predicted octanol–water partition coefficient (Wildman–Crippen LogP) is 2.34. The highest BCUT2D eigenvalue weighted by molar-refractivity contribution is 6.29. The molecule has 1 aliphatic rings. The Morgan fingerprint density at radius 3 is 2.47 bits per heavy atom. The van der Waals surface area contributed by atoms with Crippen LogP contribution in [0.4, 0.5) is 0 Å². The minimum absolute atomic E-state index is 0.216. The number of rotatable bonds is 4. The lowest BCUT2D eigenvalue weighted by Crippen LogP contribution is -2.28. The Labute approximate surface area is 111 Å². The van der Waals surface area contributed by atoms with Crippen molar-refractivity contribution >= 4 is 17.5 Å². The molecule has 0 aromatic heterocycles. The van der Waals surface area contributed by atoms with Gasteiger partial charge in [-0.25, -0.2) is 0 Å². The van der Waals surface area contributed by atoms with E-state index in [4.69, 9.17) is 4.74 Å². The molecule has 0 amide bonds. The normalized spacial score (nSPS) is 17.5. The van der Waals surface area contributed by atoms with Crippen molar-refractivity contribution < 1.29 is 19.1 Å². The topological polar surface area (TPSA) is 60.4 Å². The van der Waals surface area contributed by atoms with Gasteiger partial charge in [0.15, 0.2) is 0 Å². The fourth-order valence-electron chi connectivity index (χ4n) is 2.13. The Bertz CT molecular complexity index is 545. The van der Waals surface area contributed by atoms with Crippen LogP contribution in [0.5, 0.6) is 0 Å². The van der Waals surface area contributed by atoms with Gasteiger partial charge in [-0.1, -0.05) is 26.0 Å². The minimum Gasteiger partial charge on any atom is -0.445 e. The molecule has 0 aliphatic heterocycles. The summed E-state index contributed by atoms with van der Waals surface area (Å²) in [6.07, 6.45) is 0.352. The predicted molar refractivity (Wildman–Crippen MR) is 69.3 cm³/mol. The minimum atomic E-state index is -1.28. The third kappa shape index (κ3) is 2.43. The van der Waals surface area contributed by atoms with Crippen molar-refractivity contribution in [3.8, 4) is 0 Å². The maximum absolute atomic E-state index is 12.1. The van der Waals surface area contributed by atoms with Gasteiger partial charge in [0.25, 0.3) is 0 Å². The fraction of sp³-hybridized carbons (Fsp3) is 0.400. The molecule has 2 rings (SSSR count). The third-order valence-electron chi connectivity index (χ3n) is 3.20. The molecule has 0 spiro atoms. The van der Waals surface area contributed by atoms with Gasteiger partial charge in [-0.2, -0.15) is 0 Å². The Hall–Kier alpha value is -1.97. The number of ketones is 2. The monoisotopic (exact) mass is 260 g/mol. The van der Waals surface area contributed by atoms with Crippen LogP contribution in [0.15, 0.2) is 18.2 Å². The summed E-state index contributed by atoms with van der Waals surface area (Å²) in [5.74, 6) is -1.32. The summed E-state index contributed by atoms with van der Waals surface area (Å²) < 4.78 is 4.99. The number of hydrogen-bond donors (Lipinski definition) is 0. The fourth-order valence-corrected chi connectivity index (χ4v) is 2.13. The number of esters is 1. The van der Waals surface area contributed by atoms with Gasteiger partial charge in [-0.3, -0.25) is 14.4 Å². The first-order valence-electron chi connectivity index (χ1n) is 6.49. The van der Waals surface area contributed by atoms with E-state index in [9.17, 15) is 14.4 Å². The van der Waals surface area contributed by atoms with Crippen molar-refractivity contribution in [3.63, 3.8) is 0 Å². The average Bonchev–Trinajstić information content (AvgIpc) is 2.64. The summed E-state index contributed by atoms with van der Waals surface area (Å²) >= 11 is 0. The molecule has 1 aliphatic carbocycles. The highest BCUT2D eigenvalue weighted by Gasteiger charge is 2.41. The molecule has 0 fully saturated rings. The molecule has 1 aromatic carbocycles. The Kier molecular flexibility index (Phi) is 3.79. The first-order chi connectivity index (χ1) is 9.08. The van der Waals surface area contributed by atoms with Crippen molar-refractivity contribution in [2.24, 2.45) is 0 Å². The molecule has 1 aromatic rings. The maximum Gasteiger partial charge on any atom is 0.306 e. The summed E-state index contributed by atoms with van der Waals surface area (Å²) in [5, 5.41) is 0. The lowest BCUT2D eigenvalue weighted by atomic mass is 10.0. The molecule has 4 heteroatoms. The number of aryl methyl sites for hydroxylation is 1. The first kappa shape index (κ1) is 13.5. The largest absolute Gasteiger partial charge is 0.445 e. The van der Waals surface area contributed by atoms with Gasteiger partial charge in [-0.15, -0.1) is 0 Å². The van der Waals surface area contributed by atoms with Crippen molar-refractivity contribution in [1.82, 2.24) is 0 Å². The van der Waals surface area contributed by atoms with E-state index in [0.29, 0.717) is 17.5 Å². The van der Waals surface area contributed by atoms with E-state index in [1.54, 1.807) is 12.1 Å². The quantitative estimate of drug-likeness (QED) is 0.616. The van der Waals surface area contributed by atoms with E-state index in [2.05, 4.69) is 0 Å². The lowest BCUT2D eigenvalue weighted by molar-refractivity contribution is -0.145. The second-order valence-electron chi connectivity index (χ2n) is 4.58. The molecule has 0 N–H and O–H groups in total. The van der Waals surface area contributed by atoms with Crippen LogP contribution in [0.25, 0.3) is 0 Å². The highest BCUT2D eigenvalue weighted by Crippen LogP contribution is 2.26. The number of benzene rings is 1. The first-order valence-corrected chi connectivity index (χ1v) is 6.49. The standard InChI is InChI=1S/C15H16O4/c1-3-5-12(16)19-15-13(17)10-7-6-9(4-2)8-11(10)14(15)18/h6-8,15H,3-5H2,1-2H3. The summed E-state index contributed by atoms with van der Waals surface area (Å²) in [4.78, 5) is 35.6. The molecule has 0 saturated heterocycles. The van der Waals surface area contributed by atoms with Crippen molar-refractivity contribution in [3.05, 3.63) is 34.9 Å². The Balaban J connectivity index is 2.26. The molecule has 19 heavy (non-hydrogen) atoms. The van der Waals surface area contributed by atoms with Crippen LogP contribution in [0.3, 0.4) is 0 Å². The van der Waals surface area contributed by atoms with Crippen molar-refractivity contribution in [2.45, 2.75) is 39.2 Å². The smallest absolute Gasteiger partial charge is 0.306 e. The summed E-state index contributed by atoms with van der Waals surface area (Å²) in [6.45, 7) is 3.81. The van der Waals surface area contributed by atoms with Gasteiger partial charge >= 0.3 is 5.97 Å². The van der Waals surface area contributed by atoms with E-state index in [1.165, 1.54) is 0 Å². The maximum atomic E-state index is 12.1. The highest BCUT2D eigenvalue weighted by atomic mass is 16.5. The number of Topliss-reactive ketones (excluding diaryl/α,β-unsaturated/α-hetero) is 2. The summed E-state index contributed by atoms with van der Waals surface area (Å²) in [5.41, 5.74) is 1.72. The van der Waals surface area contributed by atoms with Crippen molar-refractivity contribution in [2.75, 3.05) is 0 Å². The molecule has 4 nitrogen and oxygen atoms in total. The molecule has 0 heterocycles. The van der Waals surface area contributed by atoms with Crippen LogP contribution in [0, 0.1) is 0 Å². The Morgan fingerprint density at radius 1 is 1.16 bits per heavy atom. The van der Waals surface area contributed by atoms with Gasteiger partial charge in [0.2, 0.25) is 17.7 Å². The number of carbonyl (C=O) groups is 3. The van der Waals surface area contributed by atoms with Crippen LogP contribution < -0.4 is 0 Å². The van der Waals surface area contributed by atoms with E-state index >= 15 is 0 Å². The SMILES string of the molecule is CCCC(=O)OC1C(=O)c2ccc(CC)cc2C1=O. The van der Waals surface area contributed by atoms with Crippen LogP contribution in [0.2, 0.25) is 0 Å². The number of ether oxygens (including phenoxy) is 1. The van der Waals surface area contributed by atoms with E-state index in [0.717, 1.165) is 12.0 Å². The molecule has 100 valence electrons. The van der Waals surface area contributed by atoms with Gasteiger partial charge in [0.05, 0.1) is 0 Å². The van der Waals surface area contributed by atoms with E-state index in [-0.39, 0.29) is 6.42 Å². The van der Waals surface area contributed by atoms with Crippen LogP contribution in [-0.2, 0) is 16.0 Å². The summed E-state index contributed by atoms with van der Waals surface area (Å²) in [6, 6.07) is 5.17. The van der Waals surface area contributed by atoms with Gasteiger partial charge in [-0.05, 0) is 24.5 Å². The van der Waals surface area contributed by atoms with Crippen molar-refractivity contribution in [1.29, 1.82) is 0 Å². The number of carbonyl (C=O) groups excluding carboxylic acids is 3. The zero-order chi connectivity index (χ0) is 14.0. The van der Waals surface area contributed by atoms with E-state index < -0.39 is 23.6 Å². The lowest BCUT2D eigenvalue weighted by Gasteiger charge is -2.08. The molecule has 0 saturated carbocycles. The molecule has 0 radical (unpaired) electrons. The molecule has 1 unspecified atom stereocenters. The molecular weight excluding hydrogens is 244 g/mol. The second kappa shape index (κ2) is 5.34. The molecular formula is C15H16O4. The van der Waals surface area contributed by atoms with Crippen LogP contribution >= 0.6 is 0 Å². The third-order valence-corrected chi connectivity index (χ3v) is 3.20. The average molecular weight is 260 g/mol. The van der Waals surface area contributed by atoms with Gasteiger partial charge < -0.3 is 4.74 Å². The molecule has 0 bridgehead atoms. The van der Waals surface area contributed by atoms with Crippen LogP contribution in [0.1, 0.15) is 53.0 Å². The van der Waals surface area contributed by atoms with Gasteiger partial charge in [0.1, 0.15) is 0 Å². The van der Waals surface area contributed by atoms with Crippen LogP contribution in [-0.4, -0.2) is 23.6 Å². The zero-order valence-electron chi connectivity index (χ0n) is 11.1. The zero-order valence-corrected chi connectivity index (χ0v) is 11.1. The number of fused-ring (bicyclic) bond motifs is 1. The van der Waals surface area contributed by atoms with Gasteiger partial charge in [0, 0.05) is 17.5 Å².